The molecule has 156 valence electrons. The summed E-state index contributed by atoms with van der Waals surface area (Å²) >= 11 is 0. The Hall–Kier alpha value is -2.08. The van der Waals surface area contributed by atoms with Gasteiger partial charge in [-0.1, -0.05) is 36.8 Å². The van der Waals surface area contributed by atoms with Crippen molar-refractivity contribution >= 4 is 11.9 Å². The minimum Gasteiger partial charge on any atom is -0.357 e. The van der Waals surface area contributed by atoms with Crippen molar-refractivity contribution in [2.45, 2.75) is 52.0 Å². The number of piperidine rings is 1. The van der Waals surface area contributed by atoms with E-state index in [-0.39, 0.29) is 18.0 Å². The predicted octanol–water partition coefficient (Wildman–Crippen LogP) is 2.16. The molecule has 3 N–H and O–H groups in total. The molecule has 1 heterocycles. The van der Waals surface area contributed by atoms with E-state index >= 15 is 0 Å². The van der Waals surface area contributed by atoms with Crippen molar-refractivity contribution in [2.75, 3.05) is 39.3 Å². The summed E-state index contributed by atoms with van der Waals surface area (Å²) in [5.74, 6) is 0.647. The van der Waals surface area contributed by atoms with Gasteiger partial charge in [0.1, 0.15) is 6.54 Å². The molecule has 0 aliphatic carbocycles. The third kappa shape index (κ3) is 7.89. The lowest BCUT2D eigenvalue weighted by atomic mass is 9.98. The minimum absolute atomic E-state index is 0.0524. The molecule has 1 fully saturated rings. The zero-order valence-corrected chi connectivity index (χ0v) is 17.8. The first kappa shape index (κ1) is 22.2. The summed E-state index contributed by atoms with van der Waals surface area (Å²) in [6.07, 6.45) is 4.73. The highest BCUT2D eigenvalue weighted by Crippen LogP contribution is 2.19. The van der Waals surface area contributed by atoms with Crippen LogP contribution in [-0.4, -0.2) is 61.6 Å². The zero-order chi connectivity index (χ0) is 20.2. The first-order valence-corrected chi connectivity index (χ1v) is 10.6. The molecule has 2 rings (SSSR count). The van der Waals surface area contributed by atoms with Gasteiger partial charge in [-0.3, -0.25) is 9.69 Å². The largest absolute Gasteiger partial charge is 0.357 e. The van der Waals surface area contributed by atoms with E-state index in [4.69, 9.17) is 0 Å². The molecule has 0 unspecified atom stereocenters. The Kier molecular flexibility index (Phi) is 9.28. The Morgan fingerprint density at radius 3 is 2.46 bits per heavy atom. The third-order valence-electron chi connectivity index (χ3n) is 5.20. The molecule has 1 aromatic carbocycles. The molecule has 0 bridgehead atoms. The van der Waals surface area contributed by atoms with E-state index in [1.807, 2.05) is 25.1 Å². The number of hydrogen-bond donors (Lipinski definition) is 3. The van der Waals surface area contributed by atoms with Crippen LogP contribution in [-0.2, 0) is 11.2 Å². The Morgan fingerprint density at radius 1 is 1.07 bits per heavy atom. The van der Waals surface area contributed by atoms with Gasteiger partial charge in [0.05, 0.1) is 0 Å². The normalized spacial score (nSPS) is 15.9. The first-order chi connectivity index (χ1) is 13.5. The SMILES string of the molecule is CCNC(=NCC(=O)NCCc1ccccc1)NCC(C)(C)N1CCCCC1. The molecule has 1 aliphatic rings. The van der Waals surface area contributed by atoms with Gasteiger partial charge in [-0.2, -0.15) is 0 Å². The predicted molar refractivity (Wildman–Crippen MR) is 117 cm³/mol. The van der Waals surface area contributed by atoms with Crippen LogP contribution in [0.5, 0.6) is 0 Å². The monoisotopic (exact) mass is 387 g/mol. The summed E-state index contributed by atoms with van der Waals surface area (Å²) < 4.78 is 0. The van der Waals surface area contributed by atoms with Crippen LogP contribution in [0.3, 0.4) is 0 Å². The first-order valence-electron chi connectivity index (χ1n) is 10.6. The maximum atomic E-state index is 12.1. The Labute approximate surface area is 170 Å². The smallest absolute Gasteiger partial charge is 0.241 e. The number of amides is 1. The second-order valence-electron chi connectivity index (χ2n) is 7.99. The third-order valence-corrected chi connectivity index (χ3v) is 5.20. The minimum atomic E-state index is -0.0524. The highest BCUT2D eigenvalue weighted by atomic mass is 16.1. The summed E-state index contributed by atoms with van der Waals surface area (Å²) in [5, 5.41) is 9.59. The van der Waals surface area contributed by atoms with Gasteiger partial charge in [0, 0.05) is 25.2 Å². The number of nitrogens with zero attached hydrogens (tertiary/aromatic N) is 2. The standard InChI is InChI=1S/C22H37N5O/c1-4-23-21(26-18-22(2,3)27-15-9-6-10-16-27)25-17-20(28)24-14-13-19-11-7-5-8-12-19/h5,7-8,11-12H,4,6,9-10,13-18H2,1-3H3,(H,24,28)(H2,23,25,26). The molecule has 28 heavy (non-hydrogen) atoms. The van der Waals surface area contributed by atoms with E-state index < -0.39 is 0 Å². The quantitative estimate of drug-likeness (QED) is 0.449. The van der Waals surface area contributed by atoms with Crippen LogP contribution in [0, 0.1) is 0 Å². The number of rotatable bonds is 9. The van der Waals surface area contributed by atoms with Crippen molar-refractivity contribution in [3.8, 4) is 0 Å². The second-order valence-corrected chi connectivity index (χ2v) is 7.99. The Balaban J connectivity index is 1.76. The molecule has 0 radical (unpaired) electrons. The fourth-order valence-electron chi connectivity index (χ4n) is 3.45. The van der Waals surface area contributed by atoms with Crippen LogP contribution >= 0.6 is 0 Å². The van der Waals surface area contributed by atoms with Gasteiger partial charge in [-0.05, 0) is 58.7 Å². The number of benzene rings is 1. The van der Waals surface area contributed by atoms with Crippen molar-refractivity contribution < 1.29 is 4.79 Å². The van der Waals surface area contributed by atoms with E-state index in [1.165, 1.54) is 24.8 Å². The topological polar surface area (TPSA) is 68.8 Å². The van der Waals surface area contributed by atoms with Gasteiger partial charge in [0.25, 0.3) is 0 Å². The Bertz CT molecular complexity index is 609. The van der Waals surface area contributed by atoms with Crippen molar-refractivity contribution in [3.63, 3.8) is 0 Å². The number of carbonyl (C=O) groups excluding carboxylic acids is 1. The van der Waals surface area contributed by atoms with E-state index in [1.54, 1.807) is 0 Å². The van der Waals surface area contributed by atoms with Crippen molar-refractivity contribution in [1.82, 2.24) is 20.9 Å². The molecule has 0 atom stereocenters. The maximum Gasteiger partial charge on any atom is 0.241 e. The molecule has 0 aromatic heterocycles. The summed E-state index contributed by atoms with van der Waals surface area (Å²) in [7, 11) is 0. The second kappa shape index (κ2) is 11.7. The number of carbonyl (C=O) groups is 1. The van der Waals surface area contributed by atoms with Crippen LogP contribution in [0.1, 0.15) is 45.6 Å². The van der Waals surface area contributed by atoms with Crippen LogP contribution in [0.25, 0.3) is 0 Å². The number of guanidine groups is 1. The van der Waals surface area contributed by atoms with E-state index in [0.29, 0.717) is 12.5 Å². The van der Waals surface area contributed by atoms with Gasteiger partial charge in [-0.25, -0.2) is 4.99 Å². The van der Waals surface area contributed by atoms with Gasteiger partial charge in [-0.15, -0.1) is 0 Å². The molecular formula is C22H37N5O. The summed E-state index contributed by atoms with van der Waals surface area (Å²) in [5.41, 5.74) is 1.29. The molecule has 6 heteroatoms. The molecule has 0 saturated carbocycles. The molecule has 1 aliphatic heterocycles. The van der Waals surface area contributed by atoms with Crippen LogP contribution in [0.4, 0.5) is 0 Å². The molecule has 1 amide bonds. The van der Waals surface area contributed by atoms with E-state index in [2.05, 4.69) is 51.8 Å². The van der Waals surface area contributed by atoms with Crippen LogP contribution in [0.15, 0.2) is 35.3 Å². The lowest BCUT2D eigenvalue weighted by molar-refractivity contribution is -0.119. The Morgan fingerprint density at radius 2 is 1.79 bits per heavy atom. The molecular weight excluding hydrogens is 350 g/mol. The molecule has 1 saturated heterocycles. The van der Waals surface area contributed by atoms with Crippen LogP contribution in [0.2, 0.25) is 0 Å². The molecule has 6 nitrogen and oxygen atoms in total. The van der Waals surface area contributed by atoms with Crippen molar-refractivity contribution in [1.29, 1.82) is 0 Å². The fourth-order valence-corrected chi connectivity index (χ4v) is 3.45. The number of hydrogen-bond acceptors (Lipinski definition) is 3. The van der Waals surface area contributed by atoms with Crippen molar-refractivity contribution in [3.05, 3.63) is 35.9 Å². The van der Waals surface area contributed by atoms with Gasteiger partial charge >= 0.3 is 0 Å². The average Bonchev–Trinajstić information content (AvgIpc) is 2.71. The summed E-state index contributed by atoms with van der Waals surface area (Å²) in [6.45, 7) is 11.2. The lowest BCUT2D eigenvalue weighted by Crippen LogP contribution is -2.55. The number of nitrogens with one attached hydrogen (secondary N) is 3. The van der Waals surface area contributed by atoms with Gasteiger partial charge < -0.3 is 16.0 Å². The zero-order valence-electron chi connectivity index (χ0n) is 17.8. The van der Waals surface area contributed by atoms with Gasteiger partial charge in [0.15, 0.2) is 5.96 Å². The number of likely N-dealkylation sites (tertiary alicyclic amines) is 1. The molecule has 0 spiro atoms. The van der Waals surface area contributed by atoms with Gasteiger partial charge in [0.2, 0.25) is 5.91 Å². The maximum absolute atomic E-state index is 12.1. The highest BCUT2D eigenvalue weighted by molar-refractivity contribution is 5.84. The molecule has 1 aromatic rings. The average molecular weight is 388 g/mol. The van der Waals surface area contributed by atoms with Crippen LogP contribution < -0.4 is 16.0 Å². The van der Waals surface area contributed by atoms with E-state index in [0.717, 1.165) is 32.6 Å². The van der Waals surface area contributed by atoms with Crippen molar-refractivity contribution in [2.24, 2.45) is 4.99 Å². The summed E-state index contributed by atoms with van der Waals surface area (Å²) in [6, 6.07) is 10.2. The lowest BCUT2D eigenvalue weighted by Gasteiger charge is -2.41. The number of aliphatic imine (C=N–C) groups is 1. The fraction of sp³-hybridized carbons (Fsp3) is 0.636. The summed E-state index contributed by atoms with van der Waals surface area (Å²) in [4.78, 5) is 19.1. The van der Waals surface area contributed by atoms with E-state index in [9.17, 15) is 4.79 Å². The highest BCUT2D eigenvalue weighted by Gasteiger charge is 2.27.